The summed E-state index contributed by atoms with van der Waals surface area (Å²) in [6.07, 6.45) is 13.2. The van der Waals surface area contributed by atoms with Gasteiger partial charge in [0.15, 0.2) is 0 Å². The lowest BCUT2D eigenvalue weighted by Gasteiger charge is -2.26. The van der Waals surface area contributed by atoms with Crippen molar-refractivity contribution >= 4 is 22.3 Å². The van der Waals surface area contributed by atoms with Crippen LogP contribution in [0.4, 0.5) is 5.69 Å². The van der Waals surface area contributed by atoms with E-state index in [0.717, 1.165) is 46.8 Å². The first-order chi connectivity index (χ1) is 18.5. The van der Waals surface area contributed by atoms with Crippen molar-refractivity contribution < 1.29 is 0 Å². The molecule has 1 saturated heterocycles. The van der Waals surface area contributed by atoms with Gasteiger partial charge in [-0.25, -0.2) is 4.98 Å². The zero-order chi connectivity index (χ0) is 27.2. The number of imidazole rings is 1. The van der Waals surface area contributed by atoms with Gasteiger partial charge in [-0.05, 0) is 81.2 Å². The number of nitrogens with one attached hydrogen (secondary N) is 3. The summed E-state index contributed by atoms with van der Waals surface area (Å²) >= 11 is 0. The van der Waals surface area contributed by atoms with Gasteiger partial charge in [-0.1, -0.05) is 62.8 Å². The van der Waals surface area contributed by atoms with E-state index in [0.29, 0.717) is 5.70 Å². The van der Waals surface area contributed by atoms with Gasteiger partial charge in [0.05, 0.1) is 11.0 Å². The quantitative estimate of drug-likeness (QED) is 0.223. The minimum absolute atomic E-state index is 0.612. The number of nitrogens with two attached hydrogens (primary N) is 1. The van der Waals surface area contributed by atoms with Gasteiger partial charge in [0, 0.05) is 37.1 Å². The standard InChI is InChI=1S/C22H32N6.C10H14/c1-4-18(19(23)8-9-24-3)22-26-20-15-17(14-16(2)21(20)27-22)25-10-13-28-11-6-5-7-12-28;1-2-3-7-10-8-5-4-6-9-10/h4,8-9,14-15,24-25H,1,5-7,10-13,23H2,2-3H3,(H,26,27);4-6,8-9H,2-3,7H2,1H3/b9-8-,19-18-;. The summed E-state index contributed by atoms with van der Waals surface area (Å²) in [5, 5.41) is 6.51. The molecule has 5 N–H and O–H groups in total. The molecule has 1 aliphatic rings. The lowest BCUT2D eigenvalue weighted by Crippen LogP contribution is -2.33. The van der Waals surface area contributed by atoms with Crippen LogP contribution in [0, 0.1) is 6.92 Å². The van der Waals surface area contributed by atoms with Crippen LogP contribution in [0.2, 0.25) is 0 Å². The van der Waals surface area contributed by atoms with Gasteiger partial charge in [-0.2, -0.15) is 0 Å². The third kappa shape index (κ3) is 8.80. The zero-order valence-electron chi connectivity index (χ0n) is 23.5. The molecule has 6 heteroatoms. The molecule has 3 aromatic rings. The molecule has 1 aromatic heterocycles. The minimum atomic E-state index is 0.612. The molecule has 6 nitrogen and oxygen atoms in total. The molecule has 0 unspecified atom stereocenters. The number of benzene rings is 2. The summed E-state index contributed by atoms with van der Waals surface area (Å²) < 4.78 is 0. The Morgan fingerprint density at radius 3 is 2.61 bits per heavy atom. The first kappa shape index (κ1) is 29.1. The van der Waals surface area contributed by atoms with Gasteiger partial charge in [0.2, 0.25) is 0 Å². The number of hydrogen-bond acceptors (Lipinski definition) is 5. The number of anilines is 1. The topological polar surface area (TPSA) is 82.0 Å². The number of likely N-dealkylation sites (tertiary alicyclic amines) is 1. The van der Waals surface area contributed by atoms with Gasteiger partial charge in [-0.15, -0.1) is 0 Å². The molecule has 1 fully saturated rings. The van der Waals surface area contributed by atoms with E-state index in [1.807, 2.05) is 13.1 Å². The van der Waals surface area contributed by atoms with Crippen molar-refractivity contribution in [1.29, 1.82) is 0 Å². The van der Waals surface area contributed by atoms with Crippen molar-refractivity contribution in [3.05, 3.63) is 90.0 Å². The highest BCUT2D eigenvalue weighted by atomic mass is 15.1. The van der Waals surface area contributed by atoms with Crippen molar-refractivity contribution in [3.63, 3.8) is 0 Å². The Morgan fingerprint density at radius 2 is 1.92 bits per heavy atom. The number of fused-ring (bicyclic) bond motifs is 1. The Balaban J connectivity index is 0.000000336. The Hall–Kier alpha value is -3.51. The van der Waals surface area contributed by atoms with E-state index in [9.17, 15) is 0 Å². The summed E-state index contributed by atoms with van der Waals surface area (Å²) in [4.78, 5) is 10.7. The molecule has 0 radical (unpaired) electrons. The minimum Gasteiger partial charge on any atom is -0.398 e. The van der Waals surface area contributed by atoms with Crippen molar-refractivity contribution in [1.82, 2.24) is 20.2 Å². The van der Waals surface area contributed by atoms with Crippen LogP contribution in [0.25, 0.3) is 16.6 Å². The van der Waals surface area contributed by atoms with Gasteiger partial charge in [-0.3, -0.25) is 0 Å². The molecule has 2 aromatic carbocycles. The molecular formula is C32H46N6. The van der Waals surface area contributed by atoms with E-state index >= 15 is 0 Å². The number of unbranched alkanes of at least 4 members (excludes halogenated alkanes) is 1. The molecule has 0 bridgehead atoms. The van der Waals surface area contributed by atoms with Gasteiger partial charge < -0.3 is 26.3 Å². The second-order valence-corrected chi connectivity index (χ2v) is 9.89. The lowest BCUT2D eigenvalue weighted by molar-refractivity contribution is 0.237. The van der Waals surface area contributed by atoms with E-state index < -0.39 is 0 Å². The van der Waals surface area contributed by atoms with Crippen LogP contribution in [0.3, 0.4) is 0 Å². The first-order valence-electron chi connectivity index (χ1n) is 14.0. The summed E-state index contributed by atoms with van der Waals surface area (Å²) in [5.74, 6) is 0.733. The summed E-state index contributed by atoms with van der Waals surface area (Å²) in [6, 6.07) is 14.9. The number of rotatable bonds is 11. The summed E-state index contributed by atoms with van der Waals surface area (Å²) in [5.41, 5.74) is 13.3. The highest BCUT2D eigenvalue weighted by Crippen LogP contribution is 2.25. The van der Waals surface area contributed by atoms with Crippen molar-refractivity contribution in [2.75, 3.05) is 38.5 Å². The lowest BCUT2D eigenvalue weighted by atomic mass is 10.1. The predicted molar refractivity (Wildman–Crippen MR) is 164 cm³/mol. The van der Waals surface area contributed by atoms with Crippen LogP contribution in [0.1, 0.15) is 56.0 Å². The molecule has 4 rings (SSSR count). The number of aromatic nitrogens is 2. The first-order valence-corrected chi connectivity index (χ1v) is 14.0. The molecule has 0 spiro atoms. The van der Waals surface area contributed by atoms with Crippen LogP contribution in [-0.4, -0.2) is 48.1 Å². The molecule has 0 aliphatic carbocycles. The molecule has 204 valence electrons. The highest BCUT2D eigenvalue weighted by molar-refractivity contribution is 5.87. The molecule has 0 saturated carbocycles. The van der Waals surface area contributed by atoms with Crippen LogP contribution in [-0.2, 0) is 6.42 Å². The number of hydrogen-bond donors (Lipinski definition) is 4. The number of piperidine rings is 1. The Bertz CT molecular complexity index is 1190. The van der Waals surface area contributed by atoms with E-state index in [2.05, 4.69) is 83.4 Å². The Morgan fingerprint density at radius 1 is 1.16 bits per heavy atom. The van der Waals surface area contributed by atoms with Crippen LogP contribution < -0.4 is 16.4 Å². The van der Waals surface area contributed by atoms with Crippen molar-refractivity contribution in [2.45, 2.75) is 52.4 Å². The fourth-order valence-corrected chi connectivity index (χ4v) is 4.70. The number of aromatic amines is 1. The molecule has 0 atom stereocenters. The summed E-state index contributed by atoms with van der Waals surface area (Å²) in [6.45, 7) is 12.7. The van der Waals surface area contributed by atoms with Crippen LogP contribution in [0.15, 0.2) is 73.1 Å². The largest absolute Gasteiger partial charge is 0.398 e. The average molecular weight is 515 g/mol. The van der Waals surface area contributed by atoms with Gasteiger partial charge in [0.25, 0.3) is 0 Å². The van der Waals surface area contributed by atoms with Crippen LogP contribution in [0.5, 0.6) is 0 Å². The van der Waals surface area contributed by atoms with E-state index in [-0.39, 0.29) is 0 Å². The predicted octanol–water partition coefficient (Wildman–Crippen LogP) is 6.39. The van der Waals surface area contributed by atoms with Crippen molar-refractivity contribution in [2.24, 2.45) is 5.73 Å². The molecular weight excluding hydrogens is 468 g/mol. The molecule has 38 heavy (non-hydrogen) atoms. The van der Waals surface area contributed by atoms with E-state index in [1.165, 1.54) is 57.2 Å². The molecule has 2 heterocycles. The smallest absolute Gasteiger partial charge is 0.140 e. The third-order valence-corrected chi connectivity index (χ3v) is 6.84. The SMILES string of the molecule is C=C/C(=C(N)\C=C/NC)c1nc2c(C)cc(NCCN3CCCCC3)cc2[nH]1.CCCCc1ccccc1. The number of allylic oxidation sites excluding steroid dienone is 3. The van der Waals surface area contributed by atoms with E-state index in [4.69, 9.17) is 10.7 Å². The van der Waals surface area contributed by atoms with Gasteiger partial charge >= 0.3 is 0 Å². The number of aryl methyl sites for hydroxylation is 2. The highest BCUT2D eigenvalue weighted by Gasteiger charge is 2.12. The van der Waals surface area contributed by atoms with Gasteiger partial charge in [0.1, 0.15) is 5.82 Å². The Kier molecular flexibility index (Phi) is 12.0. The van der Waals surface area contributed by atoms with Crippen molar-refractivity contribution in [3.8, 4) is 0 Å². The maximum absolute atomic E-state index is 6.18. The fourth-order valence-electron chi connectivity index (χ4n) is 4.70. The second-order valence-electron chi connectivity index (χ2n) is 9.89. The maximum atomic E-state index is 6.18. The number of H-pyrrole nitrogens is 1. The zero-order valence-corrected chi connectivity index (χ0v) is 23.5. The fraction of sp³-hybridized carbons (Fsp3) is 0.406. The second kappa shape index (κ2) is 15.7. The number of nitrogens with zero attached hydrogens (tertiary/aromatic N) is 2. The maximum Gasteiger partial charge on any atom is 0.140 e. The average Bonchev–Trinajstić information content (AvgIpc) is 3.37. The molecule has 1 aliphatic heterocycles. The normalized spacial score (nSPS) is 14.6. The monoisotopic (exact) mass is 514 g/mol. The summed E-state index contributed by atoms with van der Waals surface area (Å²) in [7, 11) is 1.84. The van der Waals surface area contributed by atoms with Crippen LogP contribution >= 0.6 is 0 Å². The third-order valence-electron chi connectivity index (χ3n) is 6.84. The molecule has 0 amide bonds. The van der Waals surface area contributed by atoms with E-state index in [1.54, 1.807) is 12.3 Å². The Labute approximate surface area is 229 Å².